The van der Waals surface area contributed by atoms with Gasteiger partial charge in [0.15, 0.2) is 0 Å². The number of para-hydroxylation sites is 1. The highest BCUT2D eigenvalue weighted by atomic mass is 16.5. The first-order chi connectivity index (χ1) is 15.5. The lowest BCUT2D eigenvalue weighted by molar-refractivity contribution is 0.259. The van der Waals surface area contributed by atoms with Crippen LogP contribution in [-0.2, 0) is 6.54 Å². The Balaban J connectivity index is 1.65. The molecule has 0 unspecified atom stereocenters. The lowest BCUT2D eigenvalue weighted by Gasteiger charge is -2.22. The van der Waals surface area contributed by atoms with Gasteiger partial charge in [-0.25, -0.2) is 4.79 Å². The lowest BCUT2D eigenvalue weighted by atomic mass is 10.1. The fourth-order valence-electron chi connectivity index (χ4n) is 3.75. The summed E-state index contributed by atoms with van der Waals surface area (Å²) in [7, 11) is 1.68. The molecule has 0 amide bonds. The molecule has 2 aromatic carbocycles. The molecule has 6 nitrogen and oxygen atoms in total. The first kappa shape index (κ1) is 23.5. The molecule has 32 heavy (non-hydrogen) atoms. The van der Waals surface area contributed by atoms with E-state index in [1.807, 2.05) is 12.1 Å². The maximum Gasteiger partial charge on any atom is 0.349 e. The van der Waals surface area contributed by atoms with Crippen LogP contribution in [-0.4, -0.2) is 42.5 Å². The van der Waals surface area contributed by atoms with E-state index in [2.05, 4.69) is 28.9 Å². The second-order valence-corrected chi connectivity index (χ2v) is 7.91. The third-order valence-electron chi connectivity index (χ3n) is 5.50. The third-order valence-corrected chi connectivity index (χ3v) is 5.50. The van der Waals surface area contributed by atoms with Gasteiger partial charge in [0, 0.05) is 19.6 Å². The smallest absolute Gasteiger partial charge is 0.349 e. The molecule has 0 aliphatic rings. The van der Waals surface area contributed by atoms with E-state index in [-0.39, 0.29) is 11.3 Å². The largest absolute Gasteiger partial charge is 0.506 e. The van der Waals surface area contributed by atoms with Crippen LogP contribution < -0.4 is 10.4 Å². The molecule has 1 N–H and O–H groups in total. The van der Waals surface area contributed by atoms with Gasteiger partial charge in [-0.1, -0.05) is 37.6 Å². The van der Waals surface area contributed by atoms with Gasteiger partial charge in [0.05, 0.1) is 18.2 Å². The molecule has 0 aliphatic heterocycles. The van der Waals surface area contributed by atoms with Crippen LogP contribution in [0.15, 0.2) is 62.7 Å². The third kappa shape index (κ3) is 5.98. The van der Waals surface area contributed by atoms with Crippen molar-refractivity contribution in [3.05, 3.63) is 70.1 Å². The van der Waals surface area contributed by atoms with Crippen molar-refractivity contribution in [3.63, 3.8) is 0 Å². The van der Waals surface area contributed by atoms with Crippen molar-refractivity contribution < 1.29 is 14.3 Å². The molecule has 1 heterocycles. The summed E-state index contributed by atoms with van der Waals surface area (Å²) in [6, 6.07) is 15.1. The number of rotatable bonds is 11. The molecule has 0 atom stereocenters. The first-order valence-corrected chi connectivity index (χ1v) is 11.1. The molecule has 0 fully saturated rings. The average molecular weight is 437 g/mol. The van der Waals surface area contributed by atoms with Gasteiger partial charge in [0.2, 0.25) is 0 Å². The summed E-state index contributed by atoms with van der Waals surface area (Å²) in [5, 5.41) is 11.1. The number of aromatic hydroxyl groups is 1. The van der Waals surface area contributed by atoms with Gasteiger partial charge < -0.3 is 14.3 Å². The fraction of sp³-hybridized carbons (Fsp3) is 0.385. The van der Waals surface area contributed by atoms with E-state index in [9.17, 15) is 9.90 Å². The number of methoxy groups -OCH3 is 1. The topological polar surface area (TPSA) is 75.3 Å². The number of nitrogens with zero attached hydrogens (tertiary/aromatic N) is 2. The van der Waals surface area contributed by atoms with E-state index >= 15 is 0 Å². The summed E-state index contributed by atoms with van der Waals surface area (Å²) < 4.78 is 10.7. The minimum atomic E-state index is -0.565. The van der Waals surface area contributed by atoms with Crippen LogP contribution in [0.25, 0.3) is 11.0 Å². The van der Waals surface area contributed by atoms with E-state index in [4.69, 9.17) is 9.15 Å². The van der Waals surface area contributed by atoms with Gasteiger partial charge in [-0.15, -0.1) is 0 Å². The number of benzene rings is 2. The van der Waals surface area contributed by atoms with E-state index in [0.29, 0.717) is 23.2 Å². The normalized spacial score (nSPS) is 11.9. The molecule has 0 radical (unpaired) electrons. The summed E-state index contributed by atoms with van der Waals surface area (Å²) >= 11 is 0. The average Bonchev–Trinajstić information content (AvgIpc) is 2.80. The zero-order valence-corrected chi connectivity index (χ0v) is 19.1. The molecule has 0 aliphatic carbocycles. The van der Waals surface area contributed by atoms with Gasteiger partial charge in [0.25, 0.3) is 0 Å². The molecule has 6 heteroatoms. The van der Waals surface area contributed by atoms with E-state index < -0.39 is 5.63 Å². The Morgan fingerprint density at radius 2 is 1.91 bits per heavy atom. The van der Waals surface area contributed by atoms with Crippen molar-refractivity contribution in [2.45, 2.75) is 39.7 Å². The first-order valence-electron chi connectivity index (χ1n) is 11.1. The van der Waals surface area contributed by atoms with Crippen LogP contribution in [0.1, 0.15) is 44.2 Å². The van der Waals surface area contributed by atoms with Crippen LogP contribution in [0.5, 0.6) is 11.5 Å². The van der Waals surface area contributed by atoms with E-state index in [0.717, 1.165) is 44.6 Å². The molecule has 170 valence electrons. The maximum atomic E-state index is 12.4. The Bertz CT molecular complexity index is 1120. The predicted octanol–water partition coefficient (Wildman–Crippen LogP) is 5.01. The van der Waals surface area contributed by atoms with Gasteiger partial charge in [-0.3, -0.25) is 9.89 Å². The summed E-state index contributed by atoms with van der Waals surface area (Å²) in [5.74, 6) is 0.799. The lowest BCUT2D eigenvalue weighted by Crippen LogP contribution is -2.26. The minimum Gasteiger partial charge on any atom is -0.506 e. The zero-order chi connectivity index (χ0) is 22.9. The summed E-state index contributed by atoms with van der Waals surface area (Å²) in [6.45, 7) is 7.27. The second kappa shape index (κ2) is 11.5. The van der Waals surface area contributed by atoms with Crippen LogP contribution in [0.3, 0.4) is 0 Å². The van der Waals surface area contributed by atoms with Crippen LogP contribution >= 0.6 is 0 Å². The van der Waals surface area contributed by atoms with Crippen molar-refractivity contribution in [1.29, 1.82) is 0 Å². The summed E-state index contributed by atoms with van der Waals surface area (Å²) in [5.41, 5.74) is 1.66. The Labute approximate surface area is 189 Å². The molecular formula is C26H32N2O4. The molecule has 3 aromatic rings. The fourth-order valence-corrected chi connectivity index (χ4v) is 3.75. The van der Waals surface area contributed by atoms with E-state index in [1.165, 1.54) is 5.56 Å². The van der Waals surface area contributed by atoms with Crippen LogP contribution in [0.4, 0.5) is 0 Å². The standard InChI is InChI=1S/C26H32N2O4/c1-4-5-15-28(18-20-10-8-11-21(17-20)31-3)16-9-14-27-19(2)24-25(29)22-12-6-7-13-23(22)32-26(24)30/h6-8,10-13,17,29H,4-5,9,14-16,18H2,1-3H3. The minimum absolute atomic E-state index is 0.0688. The SMILES string of the molecule is CCCCN(CCCN=C(C)c1c(O)c2ccccc2oc1=O)Cc1cccc(OC)c1. The van der Waals surface area contributed by atoms with E-state index in [1.54, 1.807) is 38.3 Å². The molecule has 0 saturated carbocycles. The number of unbranched alkanes of at least 4 members (excludes halogenated alkanes) is 1. The quantitative estimate of drug-likeness (QED) is 0.260. The van der Waals surface area contributed by atoms with Crippen molar-refractivity contribution in [3.8, 4) is 11.5 Å². The number of hydrogen-bond donors (Lipinski definition) is 1. The highest BCUT2D eigenvalue weighted by Crippen LogP contribution is 2.26. The molecule has 0 bridgehead atoms. The Morgan fingerprint density at radius 1 is 1.12 bits per heavy atom. The number of fused-ring (bicyclic) bond motifs is 1. The number of hydrogen-bond acceptors (Lipinski definition) is 6. The van der Waals surface area contributed by atoms with Crippen molar-refractivity contribution in [2.75, 3.05) is 26.7 Å². The molecule has 0 spiro atoms. The molecule has 1 aromatic heterocycles. The van der Waals surface area contributed by atoms with Crippen LogP contribution in [0.2, 0.25) is 0 Å². The second-order valence-electron chi connectivity index (χ2n) is 7.91. The van der Waals surface area contributed by atoms with Crippen molar-refractivity contribution in [2.24, 2.45) is 4.99 Å². The van der Waals surface area contributed by atoms with Crippen LogP contribution in [0, 0.1) is 0 Å². The predicted molar refractivity (Wildman–Crippen MR) is 129 cm³/mol. The Kier molecular flexibility index (Phi) is 8.45. The maximum absolute atomic E-state index is 12.4. The molecule has 0 saturated heterocycles. The Morgan fingerprint density at radius 3 is 2.69 bits per heavy atom. The van der Waals surface area contributed by atoms with Gasteiger partial charge in [-0.2, -0.15) is 0 Å². The molecular weight excluding hydrogens is 404 g/mol. The highest BCUT2D eigenvalue weighted by molar-refractivity contribution is 6.04. The summed E-state index contributed by atoms with van der Waals surface area (Å²) in [6.07, 6.45) is 3.13. The zero-order valence-electron chi connectivity index (χ0n) is 19.1. The van der Waals surface area contributed by atoms with Gasteiger partial charge in [0.1, 0.15) is 22.6 Å². The number of aliphatic imine (C=N–C) groups is 1. The van der Waals surface area contributed by atoms with Crippen molar-refractivity contribution in [1.82, 2.24) is 4.90 Å². The molecule has 3 rings (SSSR count). The summed E-state index contributed by atoms with van der Waals surface area (Å²) in [4.78, 5) is 19.4. The van der Waals surface area contributed by atoms with Crippen molar-refractivity contribution >= 4 is 16.7 Å². The highest BCUT2D eigenvalue weighted by Gasteiger charge is 2.16. The van der Waals surface area contributed by atoms with Gasteiger partial charge >= 0.3 is 5.63 Å². The Hall–Kier alpha value is -3.12. The number of ether oxygens (including phenoxy) is 1. The monoisotopic (exact) mass is 436 g/mol. The van der Waals surface area contributed by atoms with Gasteiger partial charge in [-0.05, 0) is 56.1 Å².